The Morgan fingerprint density at radius 1 is 1.08 bits per heavy atom. The van der Waals surface area contributed by atoms with E-state index in [-0.39, 0.29) is 4.90 Å². The van der Waals surface area contributed by atoms with Gasteiger partial charge in [-0.3, -0.25) is 4.90 Å². The second kappa shape index (κ2) is 7.87. The zero-order valence-electron chi connectivity index (χ0n) is 14.6. The molecule has 7 heteroatoms. The number of piperazine rings is 1. The van der Waals surface area contributed by atoms with E-state index in [1.165, 1.54) is 15.9 Å². The average Bonchev–Trinajstić information content (AvgIpc) is 2.69. The SMILES string of the molecule is COc1ccc(CN2CCN(S(=O)(=O)c3cccc(C#N)c3)CC2)cc1. The van der Waals surface area contributed by atoms with E-state index in [0.717, 1.165) is 12.3 Å². The van der Waals surface area contributed by atoms with Gasteiger partial charge in [0.15, 0.2) is 0 Å². The molecule has 2 aromatic carbocycles. The number of nitriles is 1. The van der Waals surface area contributed by atoms with Crippen LogP contribution >= 0.6 is 0 Å². The summed E-state index contributed by atoms with van der Waals surface area (Å²) in [5, 5.41) is 8.97. The van der Waals surface area contributed by atoms with E-state index in [1.807, 2.05) is 30.3 Å². The monoisotopic (exact) mass is 371 g/mol. The molecule has 0 spiro atoms. The van der Waals surface area contributed by atoms with Crippen molar-refractivity contribution in [1.82, 2.24) is 9.21 Å². The lowest BCUT2D eigenvalue weighted by Gasteiger charge is -2.34. The third kappa shape index (κ3) is 4.05. The molecule has 0 atom stereocenters. The number of nitrogens with zero attached hydrogens (tertiary/aromatic N) is 3. The smallest absolute Gasteiger partial charge is 0.243 e. The van der Waals surface area contributed by atoms with Crippen molar-refractivity contribution in [1.29, 1.82) is 5.26 Å². The molecule has 0 bridgehead atoms. The molecular formula is C19H21N3O3S. The number of benzene rings is 2. The van der Waals surface area contributed by atoms with Crippen LogP contribution in [0.15, 0.2) is 53.4 Å². The molecule has 0 aliphatic carbocycles. The highest BCUT2D eigenvalue weighted by Gasteiger charge is 2.28. The summed E-state index contributed by atoms with van der Waals surface area (Å²) in [7, 11) is -1.92. The third-order valence-electron chi connectivity index (χ3n) is 4.50. The molecule has 136 valence electrons. The molecule has 1 fully saturated rings. The molecule has 1 saturated heterocycles. The van der Waals surface area contributed by atoms with Gasteiger partial charge < -0.3 is 4.74 Å². The predicted molar refractivity (Wildman–Crippen MR) is 98.2 cm³/mol. The van der Waals surface area contributed by atoms with E-state index < -0.39 is 10.0 Å². The maximum atomic E-state index is 12.8. The summed E-state index contributed by atoms with van der Waals surface area (Å²) < 4.78 is 32.2. The summed E-state index contributed by atoms with van der Waals surface area (Å²) in [5.74, 6) is 0.823. The fourth-order valence-corrected chi connectivity index (χ4v) is 4.46. The molecule has 0 radical (unpaired) electrons. The van der Waals surface area contributed by atoms with Crippen molar-refractivity contribution in [3.05, 3.63) is 59.7 Å². The van der Waals surface area contributed by atoms with E-state index >= 15 is 0 Å². The Balaban J connectivity index is 1.62. The summed E-state index contributed by atoms with van der Waals surface area (Å²) in [5.41, 5.74) is 1.52. The first-order valence-corrected chi connectivity index (χ1v) is 9.82. The maximum absolute atomic E-state index is 12.8. The Bertz CT molecular complexity index is 896. The van der Waals surface area contributed by atoms with Gasteiger partial charge in [0.25, 0.3) is 0 Å². The fraction of sp³-hybridized carbons (Fsp3) is 0.316. The lowest BCUT2D eigenvalue weighted by Crippen LogP contribution is -2.48. The summed E-state index contributed by atoms with van der Waals surface area (Å²) in [6, 6.07) is 16.1. The lowest BCUT2D eigenvalue weighted by molar-refractivity contribution is 0.181. The van der Waals surface area contributed by atoms with Crippen LogP contribution in [0.4, 0.5) is 0 Å². The Kier molecular flexibility index (Phi) is 5.57. The van der Waals surface area contributed by atoms with Crippen LogP contribution in [0.2, 0.25) is 0 Å². The second-order valence-electron chi connectivity index (χ2n) is 6.17. The molecule has 0 saturated carbocycles. The fourth-order valence-electron chi connectivity index (χ4n) is 2.99. The van der Waals surface area contributed by atoms with Crippen molar-refractivity contribution >= 4 is 10.0 Å². The molecule has 1 aliphatic rings. The van der Waals surface area contributed by atoms with Crippen LogP contribution in [0.25, 0.3) is 0 Å². The molecule has 0 amide bonds. The number of methoxy groups -OCH3 is 1. The topological polar surface area (TPSA) is 73.6 Å². The Morgan fingerprint density at radius 3 is 2.38 bits per heavy atom. The Hall–Kier alpha value is -2.40. The lowest BCUT2D eigenvalue weighted by atomic mass is 10.2. The van der Waals surface area contributed by atoms with Crippen LogP contribution in [0.5, 0.6) is 5.75 Å². The number of ether oxygens (including phenoxy) is 1. The molecule has 3 rings (SSSR count). The van der Waals surface area contributed by atoms with Crippen LogP contribution in [-0.4, -0.2) is 50.9 Å². The molecule has 0 unspecified atom stereocenters. The van der Waals surface area contributed by atoms with Crippen molar-refractivity contribution in [2.24, 2.45) is 0 Å². The van der Waals surface area contributed by atoms with Gasteiger partial charge in [0.1, 0.15) is 5.75 Å². The van der Waals surface area contributed by atoms with Crippen LogP contribution in [0.3, 0.4) is 0 Å². The maximum Gasteiger partial charge on any atom is 0.243 e. The van der Waals surface area contributed by atoms with Gasteiger partial charge in [-0.15, -0.1) is 0 Å². The van der Waals surface area contributed by atoms with E-state index in [1.54, 1.807) is 25.3 Å². The number of sulfonamides is 1. The number of hydrogen-bond donors (Lipinski definition) is 0. The van der Waals surface area contributed by atoms with Crippen LogP contribution in [-0.2, 0) is 16.6 Å². The van der Waals surface area contributed by atoms with E-state index in [2.05, 4.69) is 4.90 Å². The molecule has 0 aromatic heterocycles. The van der Waals surface area contributed by atoms with Crippen LogP contribution in [0, 0.1) is 11.3 Å². The summed E-state index contributed by atoms with van der Waals surface area (Å²) in [6.45, 7) is 3.00. The zero-order valence-corrected chi connectivity index (χ0v) is 15.4. The van der Waals surface area contributed by atoms with Crippen molar-refractivity contribution in [3.8, 4) is 11.8 Å². The molecule has 0 N–H and O–H groups in total. The first kappa shape index (κ1) is 18.4. The first-order valence-electron chi connectivity index (χ1n) is 8.38. The van der Waals surface area contributed by atoms with Crippen molar-refractivity contribution in [2.45, 2.75) is 11.4 Å². The minimum absolute atomic E-state index is 0.181. The molecule has 6 nitrogen and oxygen atoms in total. The minimum atomic E-state index is -3.56. The number of rotatable bonds is 5. The molecule has 26 heavy (non-hydrogen) atoms. The van der Waals surface area contributed by atoms with E-state index in [9.17, 15) is 8.42 Å². The highest BCUT2D eigenvalue weighted by atomic mass is 32.2. The molecular weight excluding hydrogens is 350 g/mol. The summed E-state index contributed by atoms with van der Waals surface area (Å²) >= 11 is 0. The van der Waals surface area contributed by atoms with Crippen molar-refractivity contribution in [2.75, 3.05) is 33.3 Å². The Labute approximate surface area is 154 Å². The van der Waals surface area contributed by atoms with Gasteiger partial charge in [-0.1, -0.05) is 18.2 Å². The summed E-state index contributed by atoms with van der Waals surface area (Å²) in [4.78, 5) is 2.42. The third-order valence-corrected chi connectivity index (χ3v) is 6.39. The predicted octanol–water partition coefficient (Wildman–Crippen LogP) is 2.07. The largest absolute Gasteiger partial charge is 0.497 e. The minimum Gasteiger partial charge on any atom is -0.497 e. The number of hydrogen-bond acceptors (Lipinski definition) is 5. The van der Waals surface area contributed by atoms with Gasteiger partial charge in [-0.05, 0) is 35.9 Å². The van der Waals surface area contributed by atoms with Gasteiger partial charge in [0, 0.05) is 32.7 Å². The molecule has 2 aromatic rings. The Morgan fingerprint density at radius 2 is 1.77 bits per heavy atom. The van der Waals surface area contributed by atoms with Crippen molar-refractivity contribution in [3.63, 3.8) is 0 Å². The van der Waals surface area contributed by atoms with Crippen LogP contribution in [0.1, 0.15) is 11.1 Å². The van der Waals surface area contributed by atoms with Crippen molar-refractivity contribution < 1.29 is 13.2 Å². The molecule has 1 aliphatic heterocycles. The molecule has 1 heterocycles. The highest BCUT2D eigenvalue weighted by molar-refractivity contribution is 7.89. The normalized spacial score (nSPS) is 16.2. The van der Waals surface area contributed by atoms with E-state index in [4.69, 9.17) is 10.00 Å². The van der Waals surface area contributed by atoms with E-state index in [0.29, 0.717) is 31.7 Å². The van der Waals surface area contributed by atoms with Gasteiger partial charge in [-0.2, -0.15) is 9.57 Å². The van der Waals surface area contributed by atoms with Gasteiger partial charge in [0.05, 0.1) is 23.6 Å². The second-order valence-corrected chi connectivity index (χ2v) is 8.11. The quantitative estimate of drug-likeness (QED) is 0.804. The standard InChI is InChI=1S/C19H21N3O3S/c1-25-18-7-5-16(6-8-18)15-21-9-11-22(12-10-21)26(23,24)19-4-2-3-17(13-19)14-20/h2-8,13H,9-12,15H2,1H3. The average molecular weight is 371 g/mol. The van der Waals surface area contributed by atoms with Gasteiger partial charge in [0.2, 0.25) is 10.0 Å². The van der Waals surface area contributed by atoms with Gasteiger partial charge >= 0.3 is 0 Å². The summed E-state index contributed by atoms with van der Waals surface area (Å²) in [6.07, 6.45) is 0. The van der Waals surface area contributed by atoms with Crippen LogP contribution < -0.4 is 4.74 Å². The zero-order chi connectivity index (χ0) is 18.6. The first-order chi connectivity index (χ1) is 12.5. The van der Waals surface area contributed by atoms with Gasteiger partial charge in [-0.25, -0.2) is 8.42 Å². The highest BCUT2D eigenvalue weighted by Crippen LogP contribution is 2.20.